The van der Waals surface area contributed by atoms with Crippen molar-refractivity contribution in [3.63, 3.8) is 0 Å². The number of piperidine rings is 2. The predicted octanol–water partition coefficient (Wildman–Crippen LogP) is 2.76. The van der Waals surface area contributed by atoms with Crippen molar-refractivity contribution in [2.24, 2.45) is 17.3 Å². The summed E-state index contributed by atoms with van der Waals surface area (Å²) in [7, 11) is 0. The summed E-state index contributed by atoms with van der Waals surface area (Å²) >= 11 is 0. The van der Waals surface area contributed by atoms with Gasteiger partial charge in [0.15, 0.2) is 0 Å². The smallest absolute Gasteiger partial charge is 0.00149 e. The van der Waals surface area contributed by atoms with Gasteiger partial charge in [0.2, 0.25) is 0 Å². The Hall–Kier alpha value is -0.0400. The Kier molecular flexibility index (Phi) is 2.39. The summed E-state index contributed by atoms with van der Waals surface area (Å²) in [5, 5.41) is 0. The van der Waals surface area contributed by atoms with Crippen LogP contribution in [0.4, 0.5) is 0 Å². The summed E-state index contributed by atoms with van der Waals surface area (Å²) in [6, 6.07) is 0. The minimum absolute atomic E-state index is 0.522. The molecular formula is C12H23N. The summed E-state index contributed by atoms with van der Waals surface area (Å²) in [6.45, 7) is 11.3. The second-order valence-corrected chi connectivity index (χ2v) is 6.07. The van der Waals surface area contributed by atoms with Gasteiger partial charge in [0.25, 0.3) is 0 Å². The van der Waals surface area contributed by atoms with Crippen LogP contribution in [0.5, 0.6) is 0 Å². The van der Waals surface area contributed by atoms with Gasteiger partial charge in [0, 0.05) is 13.1 Å². The number of fused-ring (bicyclic) bond motifs is 2. The van der Waals surface area contributed by atoms with Crippen molar-refractivity contribution in [2.75, 3.05) is 19.6 Å². The van der Waals surface area contributed by atoms with E-state index in [2.05, 4.69) is 25.7 Å². The van der Waals surface area contributed by atoms with Gasteiger partial charge < -0.3 is 4.90 Å². The Morgan fingerprint density at radius 3 is 2.54 bits per heavy atom. The Bertz CT molecular complexity index is 168. The molecule has 0 saturated carbocycles. The van der Waals surface area contributed by atoms with Gasteiger partial charge in [-0.2, -0.15) is 0 Å². The molecule has 0 N–H and O–H groups in total. The van der Waals surface area contributed by atoms with Crippen molar-refractivity contribution in [3.8, 4) is 0 Å². The fourth-order valence-electron chi connectivity index (χ4n) is 2.93. The molecule has 76 valence electrons. The molecule has 0 amide bonds. The summed E-state index contributed by atoms with van der Waals surface area (Å²) in [5.41, 5.74) is 0.522. The maximum Gasteiger partial charge on any atom is 0.00149 e. The Morgan fingerprint density at radius 1 is 1.15 bits per heavy atom. The zero-order chi connectivity index (χ0) is 9.47. The van der Waals surface area contributed by atoms with Crippen molar-refractivity contribution >= 4 is 0 Å². The van der Waals surface area contributed by atoms with E-state index in [1.165, 1.54) is 38.9 Å². The fraction of sp³-hybridized carbons (Fsp3) is 1.00. The SMILES string of the molecule is CC(C)(C)C1CC2CCCN(C2)C1. The molecule has 2 bridgehead atoms. The molecule has 2 aliphatic heterocycles. The van der Waals surface area contributed by atoms with Gasteiger partial charge in [0.1, 0.15) is 0 Å². The first kappa shape index (κ1) is 9.51. The van der Waals surface area contributed by atoms with Crippen LogP contribution in [-0.2, 0) is 0 Å². The summed E-state index contributed by atoms with van der Waals surface area (Å²) < 4.78 is 0. The van der Waals surface area contributed by atoms with Crippen LogP contribution >= 0.6 is 0 Å². The Morgan fingerprint density at radius 2 is 1.92 bits per heavy atom. The zero-order valence-corrected chi connectivity index (χ0v) is 9.34. The van der Waals surface area contributed by atoms with Gasteiger partial charge in [-0.25, -0.2) is 0 Å². The minimum Gasteiger partial charge on any atom is -0.303 e. The highest BCUT2D eigenvalue weighted by Crippen LogP contribution is 2.38. The molecule has 0 radical (unpaired) electrons. The molecule has 0 aromatic carbocycles. The van der Waals surface area contributed by atoms with Gasteiger partial charge in [-0.1, -0.05) is 20.8 Å². The van der Waals surface area contributed by atoms with Crippen LogP contribution in [0.25, 0.3) is 0 Å². The van der Waals surface area contributed by atoms with E-state index in [0.29, 0.717) is 5.41 Å². The summed E-state index contributed by atoms with van der Waals surface area (Å²) in [5.74, 6) is 1.96. The van der Waals surface area contributed by atoms with Gasteiger partial charge in [-0.05, 0) is 43.1 Å². The Labute approximate surface area is 82.5 Å². The van der Waals surface area contributed by atoms with Gasteiger partial charge in [0.05, 0.1) is 0 Å². The average Bonchev–Trinajstić information content (AvgIpc) is 2.01. The standard InChI is InChI=1S/C12H23N/c1-12(2,3)11-7-10-5-4-6-13(8-10)9-11/h10-11H,4-9H2,1-3H3. The van der Waals surface area contributed by atoms with Gasteiger partial charge >= 0.3 is 0 Å². The molecule has 2 rings (SSSR count). The molecule has 1 heteroatoms. The van der Waals surface area contributed by atoms with E-state index >= 15 is 0 Å². The van der Waals surface area contributed by atoms with Crippen LogP contribution in [-0.4, -0.2) is 24.5 Å². The first-order valence-electron chi connectivity index (χ1n) is 5.78. The van der Waals surface area contributed by atoms with E-state index < -0.39 is 0 Å². The van der Waals surface area contributed by atoms with Crippen molar-refractivity contribution in [2.45, 2.75) is 40.0 Å². The normalized spacial score (nSPS) is 40.4. The molecule has 13 heavy (non-hydrogen) atoms. The zero-order valence-electron chi connectivity index (χ0n) is 9.34. The molecule has 2 fully saturated rings. The van der Waals surface area contributed by atoms with Crippen molar-refractivity contribution in [1.82, 2.24) is 4.90 Å². The predicted molar refractivity (Wildman–Crippen MR) is 56.7 cm³/mol. The van der Waals surface area contributed by atoms with E-state index in [4.69, 9.17) is 0 Å². The lowest BCUT2D eigenvalue weighted by molar-refractivity contribution is 0.0337. The van der Waals surface area contributed by atoms with Crippen LogP contribution < -0.4 is 0 Å². The maximum absolute atomic E-state index is 2.69. The molecular weight excluding hydrogens is 158 g/mol. The van der Waals surface area contributed by atoms with Gasteiger partial charge in [-0.15, -0.1) is 0 Å². The van der Waals surface area contributed by atoms with Crippen molar-refractivity contribution in [3.05, 3.63) is 0 Å². The number of hydrogen-bond acceptors (Lipinski definition) is 1. The third kappa shape index (κ3) is 2.07. The maximum atomic E-state index is 2.69. The minimum atomic E-state index is 0.522. The first-order chi connectivity index (χ1) is 6.05. The second kappa shape index (κ2) is 3.27. The monoisotopic (exact) mass is 181 g/mol. The summed E-state index contributed by atoms with van der Waals surface area (Å²) in [4.78, 5) is 2.69. The highest BCUT2D eigenvalue weighted by atomic mass is 15.1. The fourth-order valence-corrected chi connectivity index (χ4v) is 2.93. The molecule has 0 spiro atoms. The lowest BCUT2D eigenvalue weighted by Gasteiger charge is -2.46. The number of nitrogens with zero attached hydrogens (tertiary/aromatic N) is 1. The van der Waals surface area contributed by atoms with E-state index in [-0.39, 0.29) is 0 Å². The lowest BCUT2D eigenvalue weighted by Crippen LogP contribution is -2.47. The average molecular weight is 181 g/mol. The van der Waals surface area contributed by atoms with Crippen molar-refractivity contribution in [1.29, 1.82) is 0 Å². The third-order valence-corrected chi connectivity index (χ3v) is 3.92. The van der Waals surface area contributed by atoms with E-state index in [1.54, 1.807) is 0 Å². The van der Waals surface area contributed by atoms with E-state index in [0.717, 1.165) is 11.8 Å². The lowest BCUT2D eigenvalue weighted by atomic mass is 9.71. The molecule has 1 nitrogen and oxygen atoms in total. The molecule has 3 unspecified atom stereocenters. The molecule has 0 aliphatic carbocycles. The highest BCUT2D eigenvalue weighted by molar-refractivity contribution is 4.87. The summed E-state index contributed by atoms with van der Waals surface area (Å²) in [6.07, 6.45) is 4.42. The quantitative estimate of drug-likeness (QED) is 0.555. The van der Waals surface area contributed by atoms with Crippen LogP contribution in [0.1, 0.15) is 40.0 Å². The molecule has 2 saturated heterocycles. The van der Waals surface area contributed by atoms with Gasteiger partial charge in [-0.3, -0.25) is 0 Å². The van der Waals surface area contributed by atoms with E-state index in [1.807, 2.05) is 0 Å². The highest BCUT2D eigenvalue weighted by Gasteiger charge is 2.35. The molecule has 2 heterocycles. The number of hydrogen-bond donors (Lipinski definition) is 0. The van der Waals surface area contributed by atoms with Crippen molar-refractivity contribution < 1.29 is 0 Å². The second-order valence-electron chi connectivity index (χ2n) is 6.07. The molecule has 0 aromatic rings. The molecule has 0 aromatic heterocycles. The van der Waals surface area contributed by atoms with E-state index in [9.17, 15) is 0 Å². The molecule has 3 atom stereocenters. The largest absolute Gasteiger partial charge is 0.303 e. The third-order valence-electron chi connectivity index (χ3n) is 3.92. The molecule has 2 aliphatic rings. The van der Waals surface area contributed by atoms with Crippen LogP contribution in [0.2, 0.25) is 0 Å². The van der Waals surface area contributed by atoms with Crippen LogP contribution in [0.3, 0.4) is 0 Å². The Balaban J connectivity index is 2.01. The van der Waals surface area contributed by atoms with Crippen LogP contribution in [0.15, 0.2) is 0 Å². The van der Waals surface area contributed by atoms with Crippen LogP contribution in [0, 0.1) is 17.3 Å². The first-order valence-corrected chi connectivity index (χ1v) is 5.78. The topological polar surface area (TPSA) is 3.24 Å². The number of rotatable bonds is 0.